The second-order valence-corrected chi connectivity index (χ2v) is 5.08. The van der Waals surface area contributed by atoms with Crippen LogP contribution in [0.5, 0.6) is 5.75 Å². The largest absolute Gasteiger partial charge is 0.497 e. The van der Waals surface area contributed by atoms with Crippen LogP contribution in [0.15, 0.2) is 36.5 Å². The first kappa shape index (κ1) is 14.4. The summed E-state index contributed by atoms with van der Waals surface area (Å²) in [5.74, 6) is 2.28. The molecule has 0 unspecified atom stereocenters. The summed E-state index contributed by atoms with van der Waals surface area (Å²) < 4.78 is 5.28. The minimum absolute atomic E-state index is 0.433. The van der Waals surface area contributed by atoms with Crippen molar-refractivity contribution in [1.29, 1.82) is 0 Å². The molecule has 1 N–H and O–H groups in total. The van der Waals surface area contributed by atoms with Crippen LogP contribution in [0.25, 0.3) is 11.1 Å². The lowest BCUT2D eigenvalue weighted by molar-refractivity contribution is 0.415. The highest BCUT2D eigenvalue weighted by Crippen LogP contribution is 2.29. The zero-order valence-electron chi connectivity index (χ0n) is 12.6. The van der Waals surface area contributed by atoms with Crippen molar-refractivity contribution in [3.63, 3.8) is 0 Å². The van der Waals surface area contributed by atoms with E-state index in [9.17, 15) is 0 Å². The van der Waals surface area contributed by atoms with Gasteiger partial charge < -0.3 is 10.1 Å². The van der Waals surface area contributed by atoms with E-state index in [1.165, 1.54) is 5.56 Å². The molecule has 0 amide bonds. The van der Waals surface area contributed by atoms with Gasteiger partial charge in [0.05, 0.1) is 7.11 Å². The summed E-state index contributed by atoms with van der Waals surface area (Å²) in [7, 11) is 1.69. The summed E-state index contributed by atoms with van der Waals surface area (Å²) >= 11 is 0. The number of nitrogens with zero attached hydrogens (tertiary/aromatic N) is 1. The summed E-state index contributed by atoms with van der Waals surface area (Å²) in [5.41, 5.74) is 3.49. The van der Waals surface area contributed by atoms with Crippen molar-refractivity contribution in [2.75, 3.05) is 19.0 Å². The van der Waals surface area contributed by atoms with Gasteiger partial charge in [-0.05, 0) is 42.2 Å². The summed E-state index contributed by atoms with van der Waals surface area (Å²) in [6, 6.07) is 10.3. The van der Waals surface area contributed by atoms with Gasteiger partial charge in [-0.1, -0.05) is 26.0 Å². The normalized spacial score (nSPS) is 10.7. The molecule has 1 aromatic heterocycles. The lowest BCUT2D eigenvalue weighted by Crippen LogP contribution is -2.04. The Labute approximate surface area is 121 Å². The number of aromatic nitrogens is 1. The Morgan fingerprint density at radius 2 is 2.00 bits per heavy atom. The summed E-state index contributed by atoms with van der Waals surface area (Å²) in [6.07, 6.45) is 1.92. The van der Waals surface area contributed by atoms with Crippen molar-refractivity contribution < 1.29 is 4.74 Å². The molecular formula is C17H22N2O. The molecule has 20 heavy (non-hydrogen) atoms. The molecule has 106 valence electrons. The first-order valence-corrected chi connectivity index (χ1v) is 7.04. The Hall–Kier alpha value is -2.03. The lowest BCUT2D eigenvalue weighted by atomic mass is 9.99. The van der Waals surface area contributed by atoms with E-state index in [1.807, 2.05) is 24.4 Å². The molecule has 0 spiro atoms. The monoisotopic (exact) mass is 270 g/mol. The molecule has 0 saturated carbocycles. The fourth-order valence-corrected chi connectivity index (χ4v) is 2.20. The molecule has 1 heterocycles. The number of pyridine rings is 1. The highest BCUT2D eigenvalue weighted by atomic mass is 16.5. The SMILES string of the molecule is CCNc1ncc(-c2cccc(OC)c2)cc1C(C)C. The molecule has 0 atom stereocenters. The van der Waals surface area contributed by atoms with E-state index in [1.54, 1.807) is 7.11 Å². The van der Waals surface area contributed by atoms with Gasteiger partial charge in [0.2, 0.25) is 0 Å². The number of nitrogens with one attached hydrogen (secondary N) is 1. The van der Waals surface area contributed by atoms with Crippen molar-refractivity contribution in [3.05, 3.63) is 42.1 Å². The second-order valence-electron chi connectivity index (χ2n) is 5.08. The van der Waals surface area contributed by atoms with Gasteiger partial charge >= 0.3 is 0 Å². The van der Waals surface area contributed by atoms with Crippen LogP contribution in [0.3, 0.4) is 0 Å². The molecular weight excluding hydrogens is 248 g/mol. The van der Waals surface area contributed by atoms with Crippen LogP contribution in [0.1, 0.15) is 32.3 Å². The molecule has 0 aliphatic carbocycles. The van der Waals surface area contributed by atoms with Crippen molar-refractivity contribution in [2.45, 2.75) is 26.7 Å². The van der Waals surface area contributed by atoms with Gasteiger partial charge in [-0.25, -0.2) is 4.98 Å². The Morgan fingerprint density at radius 3 is 2.65 bits per heavy atom. The lowest BCUT2D eigenvalue weighted by Gasteiger charge is -2.14. The topological polar surface area (TPSA) is 34.2 Å². The number of hydrogen-bond acceptors (Lipinski definition) is 3. The summed E-state index contributed by atoms with van der Waals surface area (Å²) in [4.78, 5) is 4.57. The predicted octanol–water partition coefficient (Wildman–Crippen LogP) is 4.31. The van der Waals surface area contributed by atoms with Crippen LogP contribution in [-0.2, 0) is 0 Å². The number of rotatable bonds is 5. The van der Waals surface area contributed by atoms with E-state index >= 15 is 0 Å². The van der Waals surface area contributed by atoms with Crippen LogP contribution in [0, 0.1) is 0 Å². The molecule has 0 aliphatic rings. The van der Waals surface area contributed by atoms with E-state index in [-0.39, 0.29) is 0 Å². The Morgan fingerprint density at radius 1 is 1.20 bits per heavy atom. The molecule has 0 fully saturated rings. The van der Waals surface area contributed by atoms with E-state index in [2.05, 4.69) is 43.2 Å². The summed E-state index contributed by atoms with van der Waals surface area (Å²) in [6.45, 7) is 7.34. The van der Waals surface area contributed by atoms with Gasteiger partial charge in [0.15, 0.2) is 0 Å². The average molecular weight is 270 g/mol. The van der Waals surface area contributed by atoms with Crippen molar-refractivity contribution in [3.8, 4) is 16.9 Å². The van der Waals surface area contributed by atoms with E-state index in [4.69, 9.17) is 4.74 Å². The Balaban J connectivity index is 2.44. The third-order valence-corrected chi connectivity index (χ3v) is 3.29. The van der Waals surface area contributed by atoms with Crippen molar-refractivity contribution >= 4 is 5.82 Å². The van der Waals surface area contributed by atoms with Gasteiger partial charge in [-0.2, -0.15) is 0 Å². The molecule has 2 aromatic rings. The number of benzene rings is 1. The molecule has 0 aliphatic heterocycles. The zero-order valence-corrected chi connectivity index (χ0v) is 12.6. The van der Waals surface area contributed by atoms with Crippen molar-refractivity contribution in [1.82, 2.24) is 4.98 Å². The number of methoxy groups -OCH3 is 1. The molecule has 3 nitrogen and oxygen atoms in total. The molecule has 0 bridgehead atoms. The third kappa shape index (κ3) is 3.10. The van der Waals surface area contributed by atoms with Crippen molar-refractivity contribution in [2.24, 2.45) is 0 Å². The van der Waals surface area contributed by atoms with E-state index < -0.39 is 0 Å². The molecule has 3 heteroatoms. The first-order chi connectivity index (χ1) is 9.65. The molecule has 2 rings (SSSR count). The fraction of sp³-hybridized carbons (Fsp3) is 0.353. The third-order valence-electron chi connectivity index (χ3n) is 3.29. The van der Waals surface area contributed by atoms with Crippen LogP contribution in [-0.4, -0.2) is 18.6 Å². The quantitative estimate of drug-likeness (QED) is 0.879. The van der Waals surface area contributed by atoms with Gasteiger partial charge in [0.25, 0.3) is 0 Å². The smallest absolute Gasteiger partial charge is 0.129 e. The zero-order chi connectivity index (χ0) is 14.5. The van der Waals surface area contributed by atoms with Gasteiger partial charge in [0, 0.05) is 18.3 Å². The highest BCUT2D eigenvalue weighted by molar-refractivity contribution is 5.67. The minimum Gasteiger partial charge on any atom is -0.497 e. The standard InChI is InChI=1S/C17H22N2O/c1-5-18-17-16(12(2)3)10-14(11-19-17)13-7-6-8-15(9-13)20-4/h6-12H,5H2,1-4H3,(H,18,19). The maximum absolute atomic E-state index is 5.28. The first-order valence-electron chi connectivity index (χ1n) is 7.04. The van der Waals surface area contributed by atoms with Crippen LogP contribution in [0.2, 0.25) is 0 Å². The van der Waals surface area contributed by atoms with E-state index in [0.29, 0.717) is 5.92 Å². The van der Waals surface area contributed by atoms with Crippen LogP contribution in [0.4, 0.5) is 5.82 Å². The summed E-state index contributed by atoms with van der Waals surface area (Å²) in [5, 5.41) is 3.32. The van der Waals surface area contributed by atoms with Crippen LogP contribution < -0.4 is 10.1 Å². The Bertz CT molecular complexity index is 579. The van der Waals surface area contributed by atoms with Gasteiger partial charge in [-0.3, -0.25) is 0 Å². The molecule has 0 saturated heterocycles. The molecule has 0 radical (unpaired) electrons. The second kappa shape index (κ2) is 6.42. The number of ether oxygens (including phenoxy) is 1. The maximum atomic E-state index is 5.28. The Kier molecular flexibility index (Phi) is 4.61. The van der Waals surface area contributed by atoms with Gasteiger partial charge in [0.1, 0.15) is 11.6 Å². The number of anilines is 1. The predicted molar refractivity (Wildman–Crippen MR) is 84.5 cm³/mol. The average Bonchev–Trinajstić information content (AvgIpc) is 2.48. The van der Waals surface area contributed by atoms with Crippen LogP contribution >= 0.6 is 0 Å². The fourth-order valence-electron chi connectivity index (χ4n) is 2.20. The molecule has 1 aromatic carbocycles. The highest BCUT2D eigenvalue weighted by Gasteiger charge is 2.10. The minimum atomic E-state index is 0.433. The van der Waals surface area contributed by atoms with E-state index in [0.717, 1.165) is 29.2 Å². The number of hydrogen-bond donors (Lipinski definition) is 1. The maximum Gasteiger partial charge on any atom is 0.129 e. The van der Waals surface area contributed by atoms with Gasteiger partial charge in [-0.15, -0.1) is 0 Å².